The Balaban J connectivity index is 1.74. The number of allylic oxidation sites excluding steroid dienone is 4. The van der Waals surface area contributed by atoms with Crippen LogP contribution in [0.4, 0.5) is 0 Å². The van der Waals surface area contributed by atoms with Gasteiger partial charge < -0.3 is 0 Å². The highest BCUT2D eigenvalue weighted by molar-refractivity contribution is 5.22. The third-order valence-corrected chi connectivity index (χ3v) is 5.89. The lowest BCUT2D eigenvalue weighted by molar-refractivity contribution is 0.337. The second-order valence-electron chi connectivity index (χ2n) is 7.04. The van der Waals surface area contributed by atoms with Crippen LogP contribution < -0.4 is 0 Å². The van der Waals surface area contributed by atoms with Crippen molar-refractivity contribution in [2.75, 3.05) is 0 Å². The van der Waals surface area contributed by atoms with Gasteiger partial charge in [-0.1, -0.05) is 45.1 Å². The summed E-state index contributed by atoms with van der Waals surface area (Å²) in [4.78, 5) is 0. The summed E-state index contributed by atoms with van der Waals surface area (Å²) >= 11 is 0. The van der Waals surface area contributed by atoms with Crippen LogP contribution in [0.25, 0.3) is 0 Å². The van der Waals surface area contributed by atoms with Crippen molar-refractivity contribution >= 4 is 0 Å². The van der Waals surface area contributed by atoms with Crippen LogP contribution in [-0.4, -0.2) is 0 Å². The Bertz CT molecular complexity index is 351. The lowest BCUT2D eigenvalue weighted by Crippen LogP contribution is -2.09. The van der Waals surface area contributed by atoms with Crippen LogP contribution in [-0.2, 0) is 0 Å². The van der Waals surface area contributed by atoms with Crippen LogP contribution in [0.5, 0.6) is 0 Å². The topological polar surface area (TPSA) is 0 Å². The van der Waals surface area contributed by atoms with Gasteiger partial charge in [0, 0.05) is 0 Å². The van der Waals surface area contributed by atoms with E-state index in [9.17, 15) is 0 Å². The van der Waals surface area contributed by atoms with Crippen LogP contribution >= 0.6 is 0 Å². The Morgan fingerprint density at radius 2 is 1.82 bits per heavy atom. The predicted molar refractivity (Wildman–Crippen MR) is 73.7 cm³/mol. The lowest BCUT2D eigenvalue weighted by Gasteiger charge is -2.19. The van der Waals surface area contributed by atoms with E-state index in [1.54, 1.807) is 6.42 Å². The van der Waals surface area contributed by atoms with Gasteiger partial charge in [0.2, 0.25) is 0 Å². The molecule has 3 rings (SSSR count). The summed E-state index contributed by atoms with van der Waals surface area (Å²) in [6.07, 6.45) is 15.1. The van der Waals surface area contributed by atoms with E-state index in [0.29, 0.717) is 0 Å². The van der Waals surface area contributed by atoms with E-state index in [-0.39, 0.29) is 0 Å². The molecule has 94 valence electrons. The predicted octanol–water partition coefficient (Wildman–Crippen LogP) is 4.83. The summed E-state index contributed by atoms with van der Waals surface area (Å²) in [6.45, 7) is 7.30. The molecular formula is C17H26. The molecule has 6 unspecified atom stereocenters. The van der Waals surface area contributed by atoms with Gasteiger partial charge in [-0.2, -0.15) is 0 Å². The van der Waals surface area contributed by atoms with Crippen LogP contribution in [0.2, 0.25) is 0 Å². The monoisotopic (exact) mass is 230 g/mol. The zero-order chi connectivity index (χ0) is 12.0. The number of rotatable bonds is 0. The Labute approximate surface area is 106 Å². The maximum Gasteiger partial charge on any atom is -0.0225 e. The first-order valence-electron chi connectivity index (χ1n) is 7.47. The molecule has 0 aliphatic heterocycles. The third kappa shape index (κ3) is 2.00. The van der Waals surface area contributed by atoms with E-state index in [2.05, 4.69) is 45.1 Å². The first-order valence-corrected chi connectivity index (χ1v) is 7.47. The summed E-state index contributed by atoms with van der Waals surface area (Å²) in [5.41, 5.74) is 0.820. The fraction of sp³-hybridized carbons (Fsp3) is 0.765. The van der Waals surface area contributed by atoms with E-state index in [1.165, 1.54) is 19.3 Å². The molecule has 1 spiro atoms. The van der Waals surface area contributed by atoms with Crippen molar-refractivity contribution in [3.05, 3.63) is 24.3 Å². The maximum atomic E-state index is 2.47. The molecule has 3 aliphatic rings. The summed E-state index contributed by atoms with van der Waals surface area (Å²) in [5.74, 6) is 4.65. The Kier molecular flexibility index (Phi) is 2.72. The molecule has 17 heavy (non-hydrogen) atoms. The van der Waals surface area contributed by atoms with Gasteiger partial charge in [0.15, 0.2) is 0 Å². The molecule has 3 aliphatic carbocycles. The van der Waals surface area contributed by atoms with Crippen molar-refractivity contribution in [1.29, 1.82) is 0 Å². The average Bonchev–Trinajstić information content (AvgIpc) is 3.17. The van der Waals surface area contributed by atoms with Gasteiger partial charge in [-0.25, -0.2) is 0 Å². The van der Waals surface area contributed by atoms with Crippen molar-refractivity contribution in [2.24, 2.45) is 35.0 Å². The summed E-state index contributed by atoms with van der Waals surface area (Å²) in [5, 5.41) is 0. The fourth-order valence-electron chi connectivity index (χ4n) is 4.14. The van der Waals surface area contributed by atoms with E-state index in [4.69, 9.17) is 0 Å². The molecule has 0 aromatic rings. The minimum atomic E-state index is 0.803. The summed E-state index contributed by atoms with van der Waals surface area (Å²) in [7, 11) is 0. The molecule has 0 nitrogen and oxygen atoms in total. The Morgan fingerprint density at radius 3 is 2.65 bits per heavy atom. The average molecular weight is 230 g/mol. The van der Waals surface area contributed by atoms with Crippen LogP contribution in [0.15, 0.2) is 24.3 Å². The first-order chi connectivity index (χ1) is 8.13. The highest BCUT2D eigenvalue weighted by atomic mass is 14.7. The molecule has 0 heteroatoms. The summed E-state index contributed by atoms with van der Waals surface area (Å²) < 4.78 is 0. The van der Waals surface area contributed by atoms with Crippen LogP contribution in [0, 0.1) is 35.0 Å². The highest BCUT2D eigenvalue weighted by Gasteiger charge is 2.70. The molecule has 0 N–H and O–H groups in total. The van der Waals surface area contributed by atoms with Crippen molar-refractivity contribution in [2.45, 2.75) is 46.5 Å². The third-order valence-electron chi connectivity index (χ3n) is 5.89. The van der Waals surface area contributed by atoms with Gasteiger partial charge in [0.1, 0.15) is 0 Å². The van der Waals surface area contributed by atoms with Gasteiger partial charge in [-0.3, -0.25) is 0 Å². The Morgan fingerprint density at radius 1 is 1.00 bits per heavy atom. The van der Waals surface area contributed by atoms with E-state index in [0.717, 1.165) is 35.0 Å². The van der Waals surface area contributed by atoms with Gasteiger partial charge in [-0.15, -0.1) is 0 Å². The molecule has 2 saturated carbocycles. The van der Waals surface area contributed by atoms with E-state index in [1.807, 2.05) is 0 Å². The smallest absolute Gasteiger partial charge is 0.0225 e. The zero-order valence-electron chi connectivity index (χ0n) is 11.5. The van der Waals surface area contributed by atoms with Gasteiger partial charge in [-0.05, 0) is 60.7 Å². The van der Waals surface area contributed by atoms with Gasteiger partial charge in [0.05, 0.1) is 0 Å². The van der Waals surface area contributed by atoms with Crippen molar-refractivity contribution in [1.82, 2.24) is 0 Å². The highest BCUT2D eigenvalue weighted by Crippen LogP contribution is 2.78. The van der Waals surface area contributed by atoms with Gasteiger partial charge >= 0.3 is 0 Å². The first kappa shape index (κ1) is 11.6. The minimum Gasteiger partial charge on any atom is -0.0843 e. The maximum absolute atomic E-state index is 2.47. The molecule has 0 saturated heterocycles. The molecule has 0 radical (unpaired) electrons. The number of hydrogen-bond donors (Lipinski definition) is 0. The quantitative estimate of drug-likeness (QED) is 0.559. The summed E-state index contributed by atoms with van der Waals surface area (Å²) in [6, 6.07) is 0. The molecule has 0 amide bonds. The molecule has 0 aromatic carbocycles. The molecule has 6 atom stereocenters. The molecule has 2 fully saturated rings. The van der Waals surface area contributed by atoms with Crippen molar-refractivity contribution in [3.8, 4) is 0 Å². The standard InChI is InChI=1S/C17H26/c1-12-7-5-4-6-8-13(2)16-11-17(16)10-15(17)9-14(12)3/h4-6,8,12-16H,7,9-11H2,1-3H3. The molecule has 0 aromatic heterocycles. The number of hydrogen-bond acceptors (Lipinski definition) is 0. The normalized spacial score (nSPS) is 53.0. The van der Waals surface area contributed by atoms with Crippen molar-refractivity contribution < 1.29 is 0 Å². The molecular weight excluding hydrogens is 204 g/mol. The van der Waals surface area contributed by atoms with E-state index >= 15 is 0 Å². The minimum absolute atomic E-state index is 0.803. The fourth-order valence-corrected chi connectivity index (χ4v) is 4.14. The Hall–Kier alpha value is -0.520. The van der Waals surface area contributed by atoms with E-state index < -0.39 is 0 Å². The zero-order valence-corrected chi connectivity index (χ0v) is 11.5. The van der Waals surface area contributed by atoms with Crippen molar-refractivity contribution in [3.63, 3.8) is 0 Å². The van der Waals surface area contributed by atoms with Crippen LogP contribution in [0.3, 0.4) is 0 Å². The second-order valence-corrected chi connectivity index (χ2v) is 7.04. The largest absolute Gasteiger partial charge is 0.0843 e. The van der Waals surface area contributed by atoms with Gasteiger partial charge in [0.25, 0.3) is 0 Å². The SMILES string of the molecule is CC1C=CC=CCC(C)C(C)CC2CC23CC13. The molecule has 0 bridgehead atoms. The lowest BCUT2D eigenvalue weighted by atomic mass is 9.87. The van der Waals surface area contributed by atoms with Crippen LogP contribution in [0.1, 0.15) is 46.5 Å². The molecule has 0 heterocycles. The second kappa shape index (κ2) is 4.00.